The highest BCUT2D eigenvalue weighted by atomic mass is 35.5. The van der Waals surface area contributed by atoms with Gasteiger partial charge < -0.3 is 5.32 Å². The van der Waals surface area contributed by atoms with Crippen LogP contribution in [0.25, 0.3) is 0 Å². The maximum Gasteiger partial charge on any atom is 0.243 e. The van der Waals surface area contributed by atoms with Gasteiger partial charge in [0.15, 0.2) is 0 Å². The summed E-state index contributed by atoms with van der Waals surface area (Å²) in [7, 11) is -3.69. The fourth-order valence-electron chi connectivity index (χ4n) is 2.55. The van der Waals surface area contributed by atoms with E-state index in [2.05, 4.69) is 5.32 Å². The van der Waals surface area contributed by atoms with Gasteiger partial charge in [0.1, 0.15) is 11.9 Å². The van der Waals surface area contributed by atoms with Gasteiger partial charge in [-0.15, -0.1) is 0 Å². The summed E-state index contributed by atoms with van der Waals surface area (Å²) in [5.41, 5.74) is 1.19. The molecule has 140 valence electrons. The molecule has 2 aromatic carbocycles. The number of carbonyl (C=O) groups excluding carboxylic acids is 1. The zero-order valence-electron chi connectivity index (χ0n) is 14.4. The maximum absolute atomic E-state index is 12.9. The number of anilines is 1. The van der Waals surface area contributed by atoms with Crippen LogP contribution < -0.4 is 9.62 Å². The Morgan fingerprint density at radius 1 is 1.23 bits per heavy atom. The first-order chi connectivity index (χ1) is 12.2. The van der Waals surface area contributed by atoms with Gasteiger partial charge in [-0.2, -0.15) is 0 Å². The predicted octanol–water partition coefficient (Wildman–Crippen LogP) is 2.99. The zero-order valence-corrected chi connectivity index (χ0v) is 16.0. The molecule has 0 aromatic heterocycles. The smallest absolute Gasteiger partial charge is 0.243 e. The van der Waals surface area contributed by atoms with E-state index < -0.39 is 22.0 Å². The molecule has 0 aliphatic rings. The number of sulfonamides is 1. The molecule has 1 N–H and O–H groups in total. The van der Waals surface area contributed by atoms with E-state index in [9.17, 15) is 17.6 Å². The van der Waals surface area contributed by atoms with Crippen molar-refractivity contribution in [2.45, 2.75) is 19.4 Å². The fraction of sp³-hybridized carbons (Fsp3) is 0.278. The zero-order chi connectivity index (χ0) is 19.3. The molecule has 2 aromatic rings. The molecule has 26 heavy (non-hydrogen) atoms. The van der Waals surface area contributed by atoms with E-state index in [1.165, 1.54) is 25.1 Å². The molecule has 1 amide bonds. The van der Waals surface area contributed by atoms with Gasteiger partial charge in [0.2, 0.25) is 15.9 Å². The quantitative estimate of drug-likeness (QED) is 0.779. The normalized spacial score (nSPS) is 12.5. The Labute approximate surface area is 157 Å². The molecule has 5 nitrogen and oxygen atoms in total. The lowest BCUT2D eigenvalue weighted by atomic mass is 10.1. The highest BCUT2D eigenvalue weighted by Crippen LogP contribution is 2.24. The Bertz CT molecular complexity index is 872. The molecule has 2 rings (SSSR count). The summed E-state index contributed by atoms with van der Waals surface area (Å²) in [6, 6.07) is 11.3. The third kappa shape index (κ3) is 5.44. The molecule has 0 saturated heterocycles. The van der Waals surface area contributed by atoms with Gasteiger partial charge in [-0.1, -0.05) is 29.8 Å². The van der Waals surface area contributed by atoms with Crippen molar-refractivity contribution in [1.29, 1.82) is 0 Å². The first-order valence-electron chi connectivity index (χ1n) is 7.95. The summed E-state index contributed by atoms with van der Waals surface area (Å²) >= 11 is 5.94. The summed E-state index contributed by atoms with van der Waals surface area (Å²) < 4.78 is 38.3. The summed E-state index contributed by atoms with van der Waals surface area (Å²) in [5, 5.41) is 3.09. The lowest BCUT2D eigenvalue weighted by Crippen LogP contribution is -2.48. The standard InChI is InChI=1S/C18H20ClFN2O3S/c1-13(18(23)21-11-10-14-6-8-16(20)9-7-14)22(26(2,24)25)17-5-3-4-15(19)12-17/h3-9,12-13H,10-11H2,1-2H3,(H,21,23)/t13-/m0/s1. The Hall–Kier alpha value is -2.12. The average molecular weight is 399 g/mol. The summed E-state index contributed by atoms with van der Waals surface area (Å²) in [5.74, 6) is -0.755. The Balaban J connectivity index is 2.06. The van der Waals surface area contributed by atoms with Crippen LogP contribution in [0.5, 0.6) is 0 Å². The van der Waals surface area contributed by atoms with Gasteiger partial charge in [0.25, 0.3) is 0 Å². The molecule has 0 saturated carbocycles. The molecule has 1 atom stereocenters. The Kier molecular flexibility index (Phi) is 6.61. The Morgan fingerprint density at radius 2 is 1.88 bits per heavy atom. The predicted molar refractivity (Wildman–Crippen MR) is 101 cm³/mol. The van der Waals surface area contributed by atoms with E-state index in [1.54, 1.807) is 30.3 Å². The molecule has 0 heterocycles. The van der Waals surface area contributed by atoms with Crippen molar-refractivity contribution < 1.29 is 17.6 Å². The first kappa shape index (κ1) is 20.2. The van der Waals surface area contributed by atoms with Gasteiger partial charge in [0, 0.05) is 11.6 Å². The minimum Gasteiger partial charge on any atom is -0.354 e. The topological polar surface area (TPSA) is 66.5 Å². The van der Waals surface area contributed by atoms with Crippen LogP contribution >= 0.6 is 11.6 Å². The molecule has 0 spiro atoms. The van der Waals surface area contributed by atoms with Crippen molar-refractivity contribution in [1.82, 2.24) is 5.32 Å². The van der Waals surface area contributed by atoms with Crippen LogP contribution in [0.3, 0.4) is 0 Å². The molecule has 8 heteroatoms. The number of benzene rings is 2. The molecule has 0 radical (unpaired) electrons. The monoisotopic (exact) mass is 398 g/mol. The van der Waals surface area contributed by atoms with Crippen LogP contribution in [-0.4, -0.2) is 33.2 Å². The lowest BCUT2D eigenvalue weighted by molar-refractivity contribution is -0.121. The van der Waals surface area contributed by atoms with E-state index >= 15 is 0 Å². The van der Waals surface area contributed by atoms with E-state index in [0.717, 1.165) is 16.1 Å². The first-order valence-corrected chi connectivity index (χ1v) is 10.2. The van der Waals surface area contributed by atoms with Crippen LogP contribution in [0.15, 0.2) is 48.5 Å². The number of nitrogens with zero attached hydrogens (tertiary/aromatic N) is 1. The van der Waals surface area contributed by atoms with Crippen LogP contribution in [0.1, 0.15) is 12.5 Å². The van der Waals surface area contributed by atoms with Crippen molar-refractivity contribution in [3.05, 3.63) is 64.9 Å². The van der Waals surface area contributed by atoms with Crippen molar-refractivity contribution >= 4 is 33.2 Å². The molecule has 0 aliphatic heterocycles. The van der Waals surface area contributed by atoms with Crippen LogP contribution in [-0.2, 0) is 21.2 Å². The fourth-order valence-corrected chi connectivity index (χ4v) is 3.90. The van der Waals surface area contributed by atoms with Crippen LogP contribution in [0, 0.1) is 5.82 Å². The highest BCUT2D eigenvalue weighted by molar-refractivity contribution is 7.92. The summed E-state index contributed by atoms with van der Waals surface area (Å²) in [6.45, 7) is 1.82. The number of hydrogen-bond donors (Lipinski definition) is 1. The number of amides is 1. The average Bonchev–Trinajstić information content (AvgIpc) is 2.55. The van der Waals surface area contributed by atoms with E-state index in [1.807, 2.05) is 0 Å². The molecular weight excluding hydrogens is 379 g/mol. The summed E-state index contributed by atoms with van der Waals surface area (Å²) in [6.07, 6.45) is 1.55. The van der Waals surface area contributed by atoms with Gasteiger partial charge in [0.05, 0.1) is 11.9 Å². The minimum absolute atomic E-state index is 0.307. The van der Waals surface area contributed by atoms with E-state index in [4.69, 9.17) is 11.6 Å². The third-order valence-corrected chi connectivity index (χ3v) is 5.25. The second-order valence-corrected chi connectivity index (χ2v) is 8.18. The lowest BCUT2D eigenvalue weighted by Gasteiger charge is -2.28. The van der Waals surface area contributed by atoms with Gasteiger partial charge >= 0.3 is 0 Å². The third-order valence-electron chi connectivity index (χ3n) is 3.78. The van der Waals surface area contributed by atoms with Crippen molar-refractivity contribution in [2.75, 3.05) is 17.1 Å². The van der Waals surface area contributed by atoms with E-state index in [0.29, 0.717) is 23.7 Å². The largest absolute Gasteiger partial charge is 0.354 e. The second kappa shape index (κ2) is 8.51. The number of halogens is 2. The van der Waals surface area contributed by atoms with Gasteiger partial charge in [-0.05, 0) is 49.2 Å². The van der Waals surface area contributed by atoms with Crippen molar-refractivity contribution in [2.24, 2.45) is 0 Å². The molecular formula is C18H20ClFN2O3S. The maximum atomic E-state index is 12.9. The van der Waals surface area contributed by atoms with Crippen LogP contribution in [0.4, 0.5) is 10.1 Å². The highest BCUT2D eigenvalue weighted by Gasteiger charge is 2.29. The van der Waals surface area contributed by atoms with Crippen LogP contribution in [0.2, 0.25) is 5.02 Å². The second-order valence-electron chi connectivity index (χ2n) is 5.88. The number of rotatable bonds is 7. The molecule has 0 fully saturated rings. The summed E-state index contributed by atoms with van der Waals surface area (Å²) in [4.78, 5) is 12.4. The molecule has 0 bridgehead atoms. The number of nitrogens with one attached hydrogen (secondary N) is 1. The molecule has 0 unspecified atom stereocenters. The van der Waals surface area contributed by atoms with E-state index in [-0.39, 0.29) is 5.82 Å². The number of carbonyl (C=O) groups is 1. The van der Waals surface area contributed by atoms with Gasteiger partial charge in [-0.3, -0.25) is 9.10 Å². The Morgan fingerprint density at radius 3 is 2.46 bits per heavy atom. The van der Waals surface area contributed by atoms with Crippen molar-refractivity contribution in [3.8, 4) is 0 Å². The number of hydrogen-bond acceptors (Lipinski definition) is 3. The SMILES string of the molecule is C[C@@H](C(=O)NCCc1ccc(F)cc1)N(c1cccc(Cl)c1)S(C)(=O)=O. The van der Waals surface area contributed by atoms with Crippen molar-refractivity contribution in [3.63, 3.8) is 0 Å². The molecule has 0 aliphatic carbocycles. The van der Waals surface area contributed by atoms with Gasteiger partial charge in [-0.25, -0.2) is 12.8 Å². The minimum atomic E-state index is -3.69.